The normalized spacial score (nSPS) is 14.0. The van der Waals surface area contributed by atoms with E-state index >= 15 is 0 Å². The zero-order valence-electron chi connectivity index (χ0n) is 16.9. The molecule has 1 aliphatic heterocycles. The lowest BCUT2D eigenvalue weighted by Crippen LogP contribution is -2.38. The number of aromatic nitrogens is 1. The summed E-state index contributed by atoms with van der Waals surface area (Å²) in [7, 11) is -4.50. The highest BCUT2D eigenvalue weighted by molar-refractivity contribution is 7.92. The van der Waals surface area contributed by atoms with E-state index in [1.165, 1.54) is 18.2 Å². The monoisotopic (exact) mass is 504 g/mol. The van der Waals surface area contributed by atoms with Gasteiger partial charge in [-0.15, -0.1) is 0 Å². The Bertz CT molecular complexity index is 1330. The maximum atomic E-state index is 14.0. The number of benzene rings is 2. The third-order valence-corrected chi connectivity index (χ3v) is 6.62. The molecule has 4 rings (SSSR count). The van der Waals surface area contributed by atoms with E-state index in [4.69, 9.17) is 4.74 Å². The quantitative estimate of drug-likeness (QED) is 0.453. The van der Waals surface area contributed by atoms with Gasteiger partial charge in [-0.2, -0.15) is 22.0 Å². The Balaban J connectivity index is 1.77. The maximum absolute atomic E-state index is 14.0. The van der Waals surface area contributed by atoms with Gasteiger partial charge in [0.1, 0.15) is 28.8 Å². The van der Waals surface area contributed by atoms with Crippen LogP contribution in [0.3, 0.4) is 0 Å². The second-order valence-electron chi connectivity index (χ2n) is 7.07. The first-order chi connectivity index (χ1) is 15.9. The second kappa shape index (κ2) is 8.70. The van der Waals surface area contributed by atoms with Crippen LogP contribution in [0.2, 0.25) is 0 Å². The van der Waals surface area contributed by atoms with Crippen molar-refractivity contribution in [2.75, 3.05) is 17.5 Å². The van der Waals surface area contributed by atoms with Gasteiger partial charge in [0, 0.05) is 18.5 Å². The minimum absolute atomic E-state index is 0.0262. The van der Waals surface area contributed by atoms with Crippen LogP contribution >= 0.6 is 0 Å². The number of fused-ring (bicyclic) bond motifs is 1. The van der Waals surface area contributed by atoms with Crippen molar-refractivity contribution in [2.45, 2.75) is 17.7 Å². The fourth-order valence-corrected chi connectivity index (χ4v) is 4.81. The standard InChI is InChI=1S/C21H14F6N2O4S/c22-15-5-13(6-16(9-15)33-20(23)24)12-1-2-19-18(7-12)29(3-4-32-19)34(30,31)17-8-14(10-28-11-17)21(25,26)27/h1-2,5-11,20H,3-4H2. The van der Waals surface area contributed by atoms with Crippen LogP contribution in [0.1, 0.15) is 5.56 Å². The molecule has 0 atom stereocenters. The van der Waals surface area contributed by atoms with Gasteiger partial charge in [0.05, 0.1) is 17.8 Å². The number of rotatable bonds is 5. The summed E-state index contributed by atoms with van der Waals surface area (Å²) in [5, 5.41) is 0. The molecule has 3 aromatic rings. The van der Waals surface area contributed by atoms with Gasteiger partial charge in [0.2, 0.25) is 0 Å². The van der Waals surface area contributed by atoms with Crippen molar-refractivity contribution in [1.82, 2.24) is 4.98 Å². The lowest BCUT2D eigenvalue weighted by Gasteiger charge is -2.31. The first-order valence-corrected chi connectivity index (χ1v) is 11.0. The highest BCUT2D eigenvalue weighted by Crippen LogP contribution is 2.40. The predicted molar refractivity (Wildman–Crippen MR) is 108 cm³/mol. The zero-order valence-corrected chi connectivity index (χ0v) is 17.7. The Morgan fingerprint density at radius 1 is 1.03 bits per heavy atom. The molecular formula is C21H14F6N2O4S. The Morgan fingerprint density at radius 3 is 2.50 bits per heavy atom. The summed E-state index contributed by atoms with van der Waals surface area (Å²) < 4.78 is 115. The van der Waals surface area contributed by atoms with E-state index in [0.717, 1.165) is 28.7 Å². The summed E-state index contributed by atoms with van der Waals surface area (Å²) in [6.45, 7) is -3.49. The van der Waals surface area contributed by atoms with Crippen LogP contribution in [0.25, 0.3) is 11.1 Å². The van der Waals surface area contributed by atoms with E-state index in [1.807, 2.05) is 0 Å². The minimum Gasteiger partial charge on any atom is -0.489 e. The molecule has 0 N–H and O–H groups in total. The lowest BCUT2D eigenvalue weighted by molar-refractivity contribution is -0.138. The number of hydrogen-bond acceptors (Lipinski definition) is 5. The van der Waals surface area contributed by atoms with Crippen LogP contribution in [-0.2, 0) is 16.2 Å². The summed E-state index contributed by atoms with van der Waals surface area (Å²) in [5.41, 5.74) is -0.934. The Kier molecular flexibility index (Phi) is 6.06. The number of nitrogens with zero attached hydrogens (tertiary/aromatic N) is 2. The average Bonchev–Trinajstić information content (AvgIpc) is 2.77. The van der Waals surface area contributed by atoms with Crippen molar-refractivity contribution in [1.29, 1.82) is 0 Å². The molecule has 180 valence electrons. The molecule has 0 saturated heterocycles. The van der Waals surface area contributed by atoms with Crippen molar-refractivity contribution in [2.24, 2.45) is 0 Å². The van der Waals surface area contributed by atoms with E-state index in [9.17, 15) is 34.8 Å². The zero-order chi connectivity index (χ0) is 24.7. The molecule has 0 saturated carbocycles. The molecule has 34 heavy (non-hydrogen) atoms. The molecule has 0 aliphatic carbocycles. The van der Waals surface area contributed by atoms with Gasteiger partial charge >= 0.3 is 12.8 Å². The highest BCUT2D eigenvalue weighted by atomic mass is 32.2. The van der Waals surface area contributed by atoms with Gasteiger partial charge in [-0.3, -0.25) is 9.29 Å². The topological polar surface area (TPSA) is 68.7 Å². The van der Waals surface area contributed by atoms with Crippen LogP contribution in [0.5, 0.6) is 11.5 Å². The fraction of sp³-hybridized carbons (Fsp3) is 0.190. The summed E-state index contributed by atoms with van der Waals surface area (Å²) in [5.74, 6) is -1.21. The van der Waals surface area contributed by atoms with Gasteiger partial charge in [0.25, 0.3) is 10.0 Å². The summed E-state index contributed by atoms with van der Waals surface area (Å²) in [6.07, 6.45) is -3.50. The highest BCUT2D eigenvalue weighted by Gasteiger charge is 2.35. The molecule has 2 aromatic carbocycles. The molecule has 0 unspecified atom stereocenters. The Morgan fingerprint density at radius 2 is 1.79 bits per heavy atom. The van der Waals surface area contributed by atoms with Gasteiger partial charge in [-0.05, 0) is 41.5 Å². The van der Waals surface area contributed by atoms with Crippen molar-refractivity contribution >= 4 is 15.7 Å². The third kappa shape index (κ3) is 4.74. The number of pyridine rings is 1. The molecule has 13 heteroatoms. The van der Waals surface area contributed by atoms with Crippen molar-refractivity contribution in [3.63, 3.8) is 0 Å². The van der Waals surface area contributed by atoms with Crippen molar-refractivity contribution < 1.29 is 44.2 Å². The van der Waals surface area contributed by atoms with Crippen LogP contribution in [0.4, 0.5) is 32.0 Å². The van der Waals surface area contributed by atoms with E-state index < -0.39 is 44.8 Å². The van der Waals surface area contributed by atoms with Gasteiger partial charge in [-0.25, -0.2) is 12.8 Å². The number of anilines is 1. The largest absolute Gasteiger partial charge is 0.489 e. The molecule has 0 spiro atoms. The number of ether oxygens (including phenoxy) is 2. The Hall–Kier alpha value is -3.48. The summed E-state index contributed by atoms with van der Waals surface area (Å²) in [4.78, 5) is 2.72. The predicted octanol–water partition coefficient (Wildman–Crippen LogP) is 5.10. The molecule has 0 fully saturated rings. The smallest absolute Gasteiger partial charge is 0.417 e. The number of hydrogen-bond donors (Lipinski definition) is 0. The molecule has 1 aromatic heterocycles. The van der Waals surface area contributed by atoms with E-state index in [2.05, 4.69) is 9.72 Å². The number of alkyl halides is 5. The fourth-order valence-electron chi connectivity index (χ4n) is 3.36. The van der Waals surface area contributed by atoms with Gasteiger partial charge < -0.3 is 9.47 Å². The second-order valence-corrected chi connectivity index (χ2v) is 8.93. The number of halogens is 6. The van der Waals surface area contributed by atoms with Crippen LogP contribution < -0.4 is 13.8 Å². The maximum Gasteiger partial charge on any atom is 0.417 e. The van der Waals surface area contributed by atoms with Crippen molar-refractivity contribution in [3.05, 3.63) is 66.2 Å². The molecule has 6 nitrogen and oxygen atoms in total. The van der Waals surface area contributed by atoms with Crippen LogP contribution in [0, 0.1) is 5.82 Å². The molecular weight excluding hydrogens is 490 g/mol. The van der Waals surface area contributed by atoms with E-state index in [0.29, 0.717) is 12.3 Å². The van der Waals surface area contributed by atoms with Gasteiger partial charge in [-0.1, -0.05) is 6.07 Å². The molecule has 0 bridgehead atoms. The SMILES string of the molecule is O=S(=O)(c1cncc(C(F)(F)F)c1)N1CCOc2ccc(-c3cc(F)cc(OC(F)F)c3)cc21. The first-order valence-electron chi connectivity index (χ1n) is 9.53. The number of sulfonamides is 1. The molecule has 2 heterocycles. The first kappa shape index (κ1) is 23.7. The van der Waals surface area contributed by atoms with E-state index in [-0.39, 0.29) is 35.7 Å². The van der Waals surface area contributed by atoms with Gasteiger partial charge in [0.15, 0.2) is 0 Å². The summed E-state index contributed by atoms with van der Waals surface area (Å²) >= 11 is 0. The van der Waals surface area contributed by atoms with Crippen LogP contribution in [-0.4, -0.2) is 33.2 Å². The third-order valence-electron chi connectivity index (χ3n) is 4.84. The van der Waals surface area contributed by atoms with Crippen LogP contribution in [0.15, 0.2) is 59.8 Å². The molecule has 1 aliphatic rings. The average molecular weight is 504 g/mol. The summed E-state index contributed by atoms with van der Waals surface area (Å²) in [6, 6.07) is 7.52. The minimum atomic E-state index is -4.80. The van der Waals surface area contributed by atoms with Crippen molar-refractivity contribution in [3.8, 4) is 22.6 Å². The Labute approximate surface area is 189 Å². The van der Waals surface area contributed by atoms with E-state index in [1.54, 1.807) is 0 Å². The molecule has 0 radical (unpaired) electrons. The lowest BCUT2D eigenvalue weighted by atomic mass is 10.0. The molecule has 0 amide bonds.